The number of para-hydroxylation sites is 1. The zero-order valence-corrected chi connectivity index (χ0v) is 13.8. The molecule has 114 valence electrons. The van der Waals surface area contributed by atoms with Gasteiger partial charge in [-0.1, -0.05) is 48.5 Å². The fraction of sp³-hybridized carbons (Fsp3) is 0.316. The summed E-state index contributed by atoms with van der Waals surface area (Å²) in [7, 11) is 0. The van der Waals surface area contributed by atoms with Crippen LogP contribution in [0.2, 0.25) is 0 Å². The van der Waals surface area contributed by atoms with Crippen LogP contribution in [0.5, 0.6) is 0 Å². The number of anilines is 1. The minimum atomic E-state index is -0.0335. The van der Waals surface area contributed by atoms with Gasteiger partial charge in [0.1, 0.15) is 0 Å². The molecule has 0 N–H and O–H groups in total. The largest absolute Gasteiger partial charge is 0.308 e. The van der Waals surface area contributed by atoms with Crippen molar-refractivity contribution >= 4 is 23.4 Å². The molecule has 0 spiro atoms. The second kappa shape index (κ2) is 6.57. The quantitative estimate of drug-likeness (QED) is 0.839. The molecule has 0 saturated heterocycles. The van der Waals surface area contributed by atoms with Crippen molar-refractivity contribution in [2.75, 3.05) is 4.90 Å². The number of carbonyl (C=O) groups is 1. The number of rotatable bonds is 4. The SMILES string of the molecule is C[C@H](SCc1ccccc1)C(=O)N1c2ccccc2C[C@@H]1C. The van der Waals surface area contributed by atoms with E-state index in [4.69, 9.17) is 0 Å². The molecule has 3 rings (SSSR count). The van der Waals surface area contributed by atoms with Crippen molar-refractivity contribution in [3.05, 3.63) is 65.7 Å². The third kappa shape index (κ3) is 3.05. The number of thioether (sulfide) groups is 1. The molecule has 2 nitrogen and oxygen atoms in total. The maximum Gasteiger partial charge on any atom is 0.240 e. The Kier molecular flexibility index (Phi) is 4.53. The molecule has 1 heterocycles. The maximum atomic E-state index is 12.8. The third-order valence-corrected chi connectivity index (χ3v) is 5.34. The highest BCUT2D eigenvalue weighted by Gasteiger charge is 2.32. The van der Waals surface area contributed by atoms with Gasteiger partial charge in [0.15, 0.2) is 0 Å². The van der Waals surface area contributed by atoms with E-state index in [-0.39, 0.29) is 17.2 Å². The van der Waals surface area contributed by atoms with Gasteiger partial charge in [0.05, 0.1) is 5.25 Å². The molecule has 0 fully saturated rings. The van der Waals surface area contributed by atoms with Crippen LogP contribution in [-0.2, 0) is 17.0 Å². The Labute approximate surface area is 136 Å². The molecule has 0 unspecified atom stereocenters. The Hall–Kier alpha value is -1.74. The van der Waals surface area contributed by atoms with Gasteiger partial charge < -0.3 is 4.90 Å². The first-order chi connectivity index (χ1) is 10.7. The van der Waals surface area contributed by atoms with Gasteiger partial charge in [-0.05, 0) is 37.5 Å². The first-order valence-electron chi connectivity index (χ1n) is 7.73. The fourth-order valence-corrected chi connectivity index (χ4v) is 3.86. The molecule has 1 aliphatic rings. The summed E-state index contributed by atoms with van der Waals surface area (Å²) >= 11 is 1.71. The van der Waals surface area contributed by atoms with Gasteiger partial charge in [-0.2, -0.15) is 0 Å². The van der Waals surface area contributed by atoms with E-state index < -0.39 is 0 Å². The Balaban J connectivity index is 1.68. The molecule has 22 heavy (non-hydrogen) atoms. The van der Waals surface area contributed by atoms with Crippen molar-refractivity contribution in [1.82, 2.24) is 0 Å². The molecule has 0 radical (unpaired) electrons. The fourth-order valence-electron chi connectivity index (χ4n) is 2.96. The number of hydrogen-bond donors (Lipinski definition) is 0. The molecule has 0 aromatic heterocycles. The van der Waals surface area contributed by atoms with E-state index in [0.717, 1.165) is 17.9 Å². The first kappa shape index (κ1) is 15.2. The molecule has 3 heteroatoms. The molecule has 1 amide bonds. The van der Waals surface area contributed by atoms with Crippen LogP contribution in [-0.4, -0.2) is 17.2 Å². The molecule has 0 aliphatic carbocycles. The standard InChI is InChI=1S/C19H21NOS/c1-14-12-17-10-6-7-11-18(17)20(14)19(21)15(2)22-13-16-8-4-3-5-9-16/h3-11,14-15H,12-13H2,1-2H3/t14-,15-/m0/s1. The molecular formula is C19H21NOS. The normalized spacial score (nSPS) is 18.1. The zero-order chi connectivity index (χ0) is 15.5. The zero-order valence-electron chi connectivity index (χ0n) is 13.0. The number of nitrogens with zero attached hydrogens (tertiary/aromatic N) is 1. The molecule has 0 saturated carbocycles. The second-order valence-corrected chi connectivity index (χ2v) is 7.16. The summed E-state index contributed by atoms with van der Waals surface area (Å²) in [6.45, 7) is 4.15. The van der Waals surface area contributed by atoms with Crippen molar-refractivity contribution in [2.45, 2.75) is 37.3 Å². The predicted octanol–water partition coefficient (Wildman–Crippen LogP) is 4.29. The van der Waals surface area contributed by atoms with E-state index in [2.05, 4.69) is 31.2 Å². The van der Waals surface area contributed by atoms with E-state index in [9.17, 15) is 4.79 Å². The van der Waals surface area contributed by atoms with Crippen LogP contribution >= 0.6 is 11.8 Å². The minimum Gasteiger partial charge on any atom is -0.308 e. The van der Waals surface area contributed by atoms with Crippen LogP contribution in [0.4, 0.5) is 5.69 Å². The predicted molar refractivity (Wildman–Crippen MR) is 94.3 cm³/mol. The highest BCUT2D eigenvalue weighted by molar-refractivity contribution is 7.99. The Morgan fingerprint density at radius 1 is 1.18 bits per heavy atom. The summed E-state index contributed by atoms with van der Waals surface area (Å²) in [4.78, 5) is 14.8. The topological polar surface area (TPSA) is 20.3 Å². The van der Waals surface area contributed by atoms with E-state index >= 15 is 0 Å². The smallest absolute Gasteiger partial charge is 0.240 e. The summed E-state index contributed by atoms with van der Waals surface area (Å²) in [5.74, 6) is 1.09. The van der Waals surface area contributed by atoms with Crippen LogP contribution in [0.1, 0.15) is 25.0 Å². The van der Waals surface area contributed by atoms with Gasteiger partial charge in [-0.25, -0.2) is 0 Å². The lowest BCUT2D eigenvalue weighted by Gasteiger charge is -2.26. The van der Waals surface area contributed by atoms with Gasteiger partial charge in [-0.15, -0.1) is 11.8 Å². The van der Waals surface area contributed by atoms with Crippen molar-refractivity contribution in [2.24, 2.45) is 0 Å². The van der Waals surface area contributed by atoms with Crippen LogP contribution in [0.15, 0.2) is 54.6 Å². The average Bonchev–Trinajstić information content (AvgIpc) is 2.88. The monoisotopic (exact) mass is 311 g/mol. The lowest BCUT2D eigenvalue weighted by atomic mass is 10.1. The Morgan fingerprint density at radius 2 is 1.86 bits per heavy atom. The number of fused-ring (bicyclic) bond motifs is 1. The van der Waals surface area contributed by atoms with E-state index in [1.54, 1.807) is 11.8 Å². The first-order valence-corrected chi connectivity index (χ1v) is 8.78. The number of hydrogen-bond acceptors (Lipinski definition) is 2. The van der Waals surface area contributed by atoms with E-state index in [1.165, 1.54) is 11.1 Å². The second-order valence-electron chi connectivity index (χ2n) is 5.83. The summed E-state index contributed by atoms with van der Waals surface area (Å²) in [5, 5.41) is -0.0335. The van der Waals surface area contributed by atoms with Crippen molar-refractivity contribution < 1.29 is 4.79 Å². The van der Waals surface area contributed by atoms with Crippen LogP contribution in [0, 0.1) is 0 Å². The summed E-state index contributed by atoms with van der Waals surface area (Å²) < 4.78 is 0. The molecule has 2 atom stereocenters. The number of amides is 1. The van der Waals surface area contributed by atoms with Crippen LogP contribution < -0.4 is 4.90 Å². The molecule has 2 aromatic rings. The van der Waals surface area contributed by atoms with Crippen LogP contribution in [0.3, 0.4) is 0 Å². The average molecular weight is 311 g/mol. The van der Waals surface area contributed by atoms with Gasteiger partial charge in [-0.3, -0.25) is 4.79 Å². The Bertz CT molecular complexity index is 655. The van der Waals surface area contributed by atoms with Crippen molar-refractivity contribution in [1.29, 1.82) is 0 Å². The van der Waals surface area contributed by atoms with E-state index in [1.807, 2.05) is 42.2 Å². The van der Waals surface area contributed by atoms with Crippen LogP contribution in [0.25, 0.3) is 0 Å². The lowest BCUT2D eigenvalue weighted by Crippen LogP contribution is -2.40. The number of benzene rings is 2. The highest BCUT2D eigenvalue weighted by atomic mass is 32.2. The molecule has 1 aliphatic heterocycles. The molecule has 0 bridgehead atoms. The molecular weight excluding hydrogens is 290 g/mol. The summed E-state index contributed by atoms with van der Waals surface area (Å²) in [5.41, 5.74) is 3.64. The number of carbonyl (C=O) groups excluding carboxylic acids is 1. The summed E-state index contributed by atoms with van der Waals surface area (Å²) in [6, 6.07) is 18.8. The van der Waals surface area contributed by atoms with Gasteiger partial charge in [0.2, 0.25) is 5.91 Å². The van der Waals surface area contributed by atoms with Crippen molar-refractivity contribution in [3.63, 3.8) is 0 Å². The van der Waals surface area contributed by atoms with Gasteiger partial charge >= 0.3 is 0 Å². The Morgan fingerprint density at radius 3 is 2.64 bits per heavy atom. The van der Waals surface area contributed by atoms with Crippen molar-refractivity contribution in [3.8, 4) is 0 Å². The third-order valence-electron chi connectivity index (χ3n) is 4.14. The minimum absolute atomic E-state index is 0.0335. The van der Waals surface area contributed by atoms with Gasteiger partial charge in [0.25, 0.3) is 0 Å². The summed E-state index contributed by atoms with van der Waals surface area (Å²) in [6.07, 6.45) is 0.956. The molecule has 2 aromatic carbocycles. The van der Waals surface area contributed by atoms with E-state index in [0.29, 0.717) is 0 Å². The highest BCUT2D eigenvalue weighted by Crippen LogP contribution is 2.33. The van der Waals surface area contributed by atoms with Gasteiger partial charge in [0, 0.05) is 17.5 Å². The lowest BCUT2D eigenvalue weighted by molar-refractivity contribution is -0.118. The maximum absolute atomic E-state index is 12.8.